The van der Waals surface area contributed by atoms with Crippen LogP contribution in [0.25, 0.3) is 0 Å². The first kappa shape index (κ1) is 8.93. The Labute approximate surface area is 81.4 Å². The summed E-state index contributed by atoms with van der Waals surface area (Å²) in [4.78, 5) is 20.5. The lowest BCUT2D eigenvalue weighted by Crippen LogP contribution is -2.22. The fourth-order valence-corrected chi connectivity index (χ4v) is 1.24. The van der Waals surface area contributed by atoms with Crippen LogP contribution in [0.1, 0.15) is 23.2 Å². The predicted molar refractivity (Wildman–Crippen MR) is 50.4 cm³/mol. The average Bonchev–Trinajstić information content (AvgIpc) is 3.00. The molecule has 74 valence electrons. The maximum atomic E-state index is 10.5. The third kappa shape index (κ3) is 1.66. The molecule has 0 aliphatic heterocycles. The van der Waals surface area contributed by atoms with E-state index >= 15 is 0 Å². The quantitative estimate of drug-likeness (QED) is 0.768. The first-order valence-electron chi connectivity index (χ1n) is 4.46. The van der Waals surface area contributed by atoms with E-state index in [0.717, 1.165) is 0 Å². The van der Waals surface area contributed by atoms with Gasteiger partial charge in [0.15, 0.2) is 0 Å². The summed E-state index contributed by atoms with van der Waals surface area (Å²) in [7, 11) is 1.92. The van der Waals surface area contributed by atoms with Crippen molar-refractivity contribution in [3.63, 3.8) is 0 Å². The Morgan fingerprint density at radius 2 is 2.07 bits per heavy atom. The lowest BCUT2D eigenvalue weighted by Gasteiger charge is -2.15. The molecule has 1 heterocycles. The van der Waals surface area contributed by atoms with Crippen LogP contribution >= 0.6 is 0 Å². The van der Waals surface area contributed by atoms with Crippen LogP contribution in [0.5, 0.6) is 0 Å². The second-order valence-electron chi connectivity index (χ2n) is 3.42. The van der Waals surface area contributed by atoms with Crippen LogP contribution in [0.15, 0.2) is 12.4 Å². The Balaban J connectivity index is 2.16. The van der Waals surface area contributed by atoms with Crippen molar-refractivity contribution < 1.29 is 9.90 Å². The monoisotopic (exact) mass is 193 g/mol. The van der Waals surface area contributed by atoms with E-state index in [1.54, 1.807) is 0 Å². The number of hydrogen-bond acceptors (Lipinski definition) is 4. The van der Waals surface area contributed by atoms with Gasteiger partial charge in [0.1, 0.15) is 0 Å². The Morgan fingerprint density at radius 1 is 1.50 bits per heavy atom. The zero-order valence-corrected chi connectivity index (χ0v) is 7.84. The highest BCUT2D eigenvalue weighted by atomic mass is 16.4. The van der Waals surface area contributed by atoms with E-state index in [1.807, 2.05) is 11.9 Å². The molecule has 1 saturated carbocycles. The van der Waals surface area contributed by atoms with Crippen molar-refractivity contribution in [2.24, 2.45) is 0 Å². The summed E-state index contributed by atoms with van der Waals surface area (Å²) >= 11 is 0. The Morgan fingerprint density at radius 3 is 2.50 bits per heavy atom. The second kappa shape index (κ2) is 3.25. The summed E-state index contributed by atoms with van der Waals surface area (Å²) in [5.41, 5.74) is 0.123. The van der Waals surface area contributed by atoms with E-state index in [9.17, 15) is 4.79 Å². The molecule has 0 bridgehead atoms. The molecule has 0 atom stereocenters. The number of hydrogen-bond donors (Lipinski definition) is 1. The molecule has 1 fully saturated rings. The molecule has 0 radical (unpaired) electrons. The molecule has 1 aromatic heterocycles. The molecule has 1 N–H and O–H groups in total. The molecule has 0 spiro atoms. The van der Waals surface area contributed by atoms with Crippen LogP contribution < -0.4 is 4.90 Å². The number of anilines is 1. The molecule has 1 aromatic rings. The highest BCUT2D eigenvalue weighted by Gasteiger charge is 2.27. The third-order valence-electron chi connectivity index (χ3n) is 2.30. The van der Waals surface area contributed by atoms with Gasteiger partial charge in [0, 0.05) is 25.5 Å². The molecular weight excluding hydrogens is 182 g/mol. The van der Waals surface area contributed by atoms with Gasteiger partial charge in [-0.3, -0.25) is 0 Å². The van der Waals surface area contributed by atoms with Crippen molar-refractivity contribution in [1.82, 2.24) is 9.97 Å². The van der Waals surface area contributed by atoms with Crippen LogP contribution in [0.2, 0.25) is 0 Å². The van der Waals surface area contributed by atoms with E-state index in [2.05, 4.69) is 9.97 Å². The van der Waals surface area contributed by atoms with Gasteiger partial charge in [-0.05, 0) is 12.8 Å². The SMILES string of the molecule is CN(c1ncc(C(=O)O)cn1)C1CC1. The smallest absolute Gasteiger partial charge is 0.338 e. The minimum absolute atomic E-state index is 0.123. The standard InChI is InChI=1S/C9H11N3O2/c1-12(7-2-3-7)9-10-4-6(5-11-9)8(13)14/h4-5,7H,2-3H2,1H3,(H,13,14). The Kier molecular flexibility index (Phi) is 2.07. The van der Waals surface area contributed by atoms with E-state index in [0.29, 0.717) is 12.0 Å². The molecule has 14 heavy (non-hydrogen) atoms. The fraction of sp³-hybridized carbons (Fsp3) is 0.444. The molecule has 0 amide bonds. The minimum Gasteiger partial charge on any atom is -0.478 e. The zero-order chi connectivity index (χ0) is 10.1. The minimum atomic E-state index is -0.995. The summed E-state index contributed by atoms with van der Waals surface area (Å²) in [6.07, 6.45) is 5.01. The number of nitrogens with zero attached hydrogens (tertiary/aromatic N) is 3. The second-order valence-corrected chi connectivity index (χ2v) is 3.42. The molecular formula is C9H11N3O2. The maximum Gasteiger partial charge on any atom is 0.338 e. The van der Waals surface area contributed by atoms with Gasteiger partial charge < -0.3 is 10.0 Å². The van der Waals surface area contributed by atoms with Gasteiger partial charge in [-0.15, -0.1) is 0 Å². The summed E-state index contributed by atoms with van der Waals surface area (Å²) in [5.74, 6) is -0.400. The van der Waals surface area contributed by atoms with Gasteiger partial charge in [-0.2, -0.15) is 0 Å². The molecule has 2 rings (SSSR count). The fourth-order valence-electron chi connectivity index (χ4n) is 1.24. The van der Waals surface area contributed by atoms with Gasteiger partial charge in [-0.1, -0.05) is 0 Å². The first-order chi connectivity index (χ1) is 6.68. The van der Waals surface area contributed by atoms with E-state index in [-0.39, 0.29) is 5.56 Å². The number of rotatable bonds is 3. The van der Waals surface area contributed by atoms with E-state index in [1.165, 1.54) is 25.2 Å². The summed E-state index contributed by atoms with van der Waals surface area (Å²) in [6, 6.07) is 0.533. The normalized spacial score (nSPS) is 15.2. The number of carboxylic acids is 1. The van der Waals surface area contributed by atoms with Gasteiger partial charge in [-0.25, -0.2) is 14.8 Å². The van der Waals surface area contributed by atoms with E-state index in [4.69, 9.17) is 5.11 Å². The summed E-state index contributed by atoms with van der Waals surface area (Å²) in [5, 5.41) is 8.64. The lowest BCUT2D eigenvalue weighted by atomic mass is 10.3. The Hall–Kier alpha value is -1.65. The highest BCUT2D eigenvalue weighted by molar-refractivity contribution is 5.86. The molecule has 0 unspecified atom stereocenters. The number of aromatic carboxylic acids is 1. The average molecular weight is 193 g/mol. The number of carbonyl (C=O) groups is 1. The van der Waals surface area contributed by atoms with Crippen LogP contribution in [0.3, 0.4) is 0 Å². The number of carboxylic acid groups (broad SMARTS) is 1. The largest absolute Gasteiger partial charge is 0.478 e. The van der Waals surface area contributed by atoms with Crippen molar-refractivity contribution in [1.29, 1.82) is 0 Å². The van der Waals surface area contributed by atoms with Crippen molar-refractivity contribution in [3.8, 4) is 0 Å². The topological polar surface area (TPSA) is 66.3 Å². The number of aromatic nitrogens is 2. The van der Waals surface area contributed by atoms with Gasteiger partial charge in [0.25, 0.3) is 0 Å². The predicted octanol–water partition coefficient (Wildman–Crippen LogP) is 0.773. The van der Waals surface area contributed by atoms with Crippen LogP contribution in [0, 0.1) is 0 Å². The van der Waals surface area contributed by atoms with Gasteiger partial charge in [0.2, 0.25) is 5.95 Å². The molecule has 1 aliphatic rings. The van der Waals surface area contributed by atoms with Crippen LogP contribution in [-0.2, 0) is 0 Å². The molecule has 1 aliphatic carbocycles. The zero-order valence-electron chi connectivity index (χ0n) is 7.84. The summed E-state index contributed by atoms with van der Waals surface area (Å²) < 4.78 is 0. The molecule has 0 saturated heterocycles. The molecule has 0 aromatic carbocycles. The van der Waals surface area contributed by atoms with Crippen molar-refractivity contribution >= 4 is 11.9 Å². The molecule has 5 heteroatoms. The maximum absolute atomic E-state index is 10.5. The highest BCUT2D eigenvalue weighted by Crippen LogP contribution is 2.27. The Bertz CT molecular complexity index is 346. The van der Waals surface area contributed by atoms with Crippen molar-refractivity contribution in [3.05, 3.63) is 18.0 Å². The van der Waals surface area contributed by atoms with Gasteiger partial charge in [0.05, 0.1) is 5.56 Å². The van der Waals surface area contributed by atoms with E-state index < -0.39 is 5.97 Å². The van der Waals surface area contributed by atoms with Crippen molar-refractivity contribution in [2.75, 3.05) is 11.9 Å². The summed E-state index contributed by atoms with van der Waals surface area (Å²) in [6.45, 7) is 0. The van der Waals surface area contributed by atoms with Crippen molar-refractivity contribution in [2.45, 2.75) is 18.9 Å². The molecule has 5 nitrogen and oxygen atoms in total. The first-order valence-corrected chi connectivity index (χ1v) is 4.46. The van der Waals surface area contributed by atoms with Gasteiger partial charge >= 0.3 is 5.97 Å². The van der Waals surface area contributed by atoms with Crippen LogP contribution in [-0.4, -0.2) is 34.1 Å². The van der Waals surface area contributed by atoms with Crippen LogP contribution in [0.4, 0.5) is 5.95 Å². The third-order valence-corrected chi connectivity index (χ3v) is 2.30. The lowest BCUT2D eigenvalue weighted by molar-refractivity contribution is 0.0696.